The summed E-state index contributed by atoms with van der Waals surface area (Å²) in [6, 6.07) is 10.3. The third-order valence-electron chi connectivity index (χ3n) is 5.60. The highest BCUT2D eigenvalue weighted by Gasteiger charge is 2.61. The van der Waals surface area contributed by atoms with E-state index in [1.807, 2.05) is 25.2 Å². The summed E-state index contributed by atoms with van der Waals surface area (Å²) in [6.45, 7) is 7.60. The van der Waals surface area contributed by atoms with Gasteiger partial charge in [0.2, 0.25) is 0 Å². The Morgan fingerprint density at radius 2 is 1.65 bits per heavy atom. The van der Waals surface area contributed by atoms with Crippen molar-refractivity contribution in [1.82, 2.24) is 13.9 Å². The Hall–Kier alpha value is -0.950. The van der Waals surface area contributed by atoms with Crippen molar-refractivity contribution in [1.29, 1.82) is 0 Å². The molecule has 128 valence electrons. The van der Waals surface area contributed by atoms with Crippen LogP contribution in [0.3, 0.4) is 0 Å². The number of nitrogens with zero attached hydrogens (tertiary/aromatic N) is 2. The Morgan fingerprint density at radius 1 is 1.09 bits per heavy atom. The number of likely N-dealkylation sites (N-methyl/N-ethyl adjacent to an activating group) is 1. The minimum absolute atomic E-state index is 0.0894. The highest BCUT2D eigenvalue weighted by molar-refractivity contribution is 7.87. The molecule has 0 bridgehead atoms. The van der Waals surface area contributed by atoms with Gasteiger partial charge < -0.3 is 4.90 Å². The molecule has 1 aromatic rings. The van der Waals surface area contributed by atoms with Gasteiger partial charge in [0.05, 0.1) is 0 Å². The largest absolute Gasteiger partial charge is 0.304 e. The van der Waals surface area contributed by atoms with E-state index in [1.54, 1.807) is 4.31 Å². The molecule has 0 aromatic heterocycles. The zero-order chi connectivity index (χ0) is 16.7. The van der Waals surface area contributed by atoms with Crippen LogP contribution in [0.25, 0.3) is 0 Å². The monoisotopic (exact) mass is 337 g/mol. The maximum atomic E-state index is 12.6. The van der Waals surface area contributed by atoms with E-state index in [0.717, 1.165) is 19.5 Å². The molecule has 0 radical (unpaired) electrons. The predicted octanol–water partition coefficient (Wildman–Crippen LogP) is 1.44. The van der Waals surface area contributed by atoms with Crippen LogP contribution in [0.15, 0.2) is 30.3 Å². The van der Waals surface area contributed by atoms with Gasteiger partial charge >= 0.3 is 0 Å². The molecule has 1 N–H and O–H groups in total. The van der Waals surface area contributed by atoms with Crippen LogP contribution in [-0.4, -0.2) is 57.4 Å². The summed E-state index contributed by atoms with van der Waals surface area (Å²) in [5.41, 5.74) is 1.26. The van der Waals surface area contributed by atoms with E-state index >= 15 is 0 Å². The second-order valence-electron chi connectivity index (χ2n) is 7.54. The van der Waals surface area contributed by atoms with Crippen LogP contribution in [0, 0.1) is 5.41 Å². The van der Waals surface area contributed by atoms with Crippen LogP contribution in [-0.2, 0) is 15.6 Å². The lowest BCUT2D eigenvalue weighted by atomic mass is 9.88. The molecule has 1 saturated heterocycles. The quantitative estimate of drug-likeness (QED) is 0.884. The molecule has 2 aliphatic rings. The lowest BCUT2D eigenvalue weighted by molar-refractivity contribution is 0.220. The molecular formula is C17H27N3O2S. The first-order chi connectivity index (χ1) is 10.8. The highest BCUT2D eigenvalue weighted by Crippen LogP contribution is 2.63. The Labute approximate surface area is 139 Å². The summed E-state index contributed by atoms with van der Waals surface area (Å²) in [5.74, 6) is 0. The Bertz CT molecular complexity index is 652. The molecule has 0 spiro atoms. The van der Waals surface area contributed by atoms with Crippen LogP contribution < -0.4 is 4.72 Å². The molecule has 2 fully saturated rings. The van der Waals surface area contributed by atoms with Gasteiger partial charge in [0, 0.05) is 38.1 Å². The van der Waals surface area contributed by atoms with E-state index in [1.165, 1.54) is 5.56 Å². The van der Waals surface area contributed by atoms with Crippen molar-refractivity contribution in [2.75, 3.05) is 39.8 Å². The molecule has 1 aliphatic heterocycles. The van der Waals surface area contributed by atoms with E-state index < -0.39 is 10.2 Å². The molecule has 1 aromatic carbocycles. The SMILES string of the molecule is CN1CCN(S(=O)(=O)NCC2(c3ccccc3)CC2(C)C)CC1. The van der Waals surface area contributed by atoms with Crippen LogP contribution in [0.2, 0.25) is 0 Å². The van der Waals surface area contributed by atoms with Crippen molar-refractivity contribution in [2.24, 2.45) is 5.41 Å². The zero-order valence-corrected chi connectivity index (χ0v) is 15.1. The molecule has 23 heavy (non-hydrogen) atoms. The Kier molecular flexibility index (Phi) is 4.29. The van der Waals surface area contributed by atoms with Gasteiger partial charge in [-0.15, -0.1) is 0 Å². The van der Waals surface area contributed by atoms with Gasteiger partial charge in [-0.25, -0.2) is 4.72 Å². The maximum absolute atomic E-state index is 12.6. The van der Waals surface area contributed by atoms with Gasteiger partial charge in [-0.1, -0.05) is 44.2 Å². The summed E-state index contributed by atoms with van der Waals surface area (Å²) >= 11 is 0. The average Bonchev–Trinajstić information content (AvgIpc) is 3.10. The summed E-state index contributed by atoms with van der Waals surface area (Å²) in [5, 5.41) is 0. The number of benzene rings is 1. The number of hydrogen-bond acceptors (Lipinski definition) is 3. The topological polar surface area (TPSA) is 52.7 Å². The van der Waals surface area contributed by atoms with Gasteiger partial charge in [-0.2, -0.15) is 12.7 Å². The fourth-order valence-corrected chi connectivity index (χ4v) is 4.95. The summed E-state index contributed by atoms with van der Waals surface area (Å²) in [4.78, 5) is 2.15. The molecule has 1 aliphatic carbocycles. The van der Waals surface area contributed by atoms with Crippen LogP contribution in [0.4, 0.5) is 0 Å². The lowest BCUT2D eigenvalue weighted by Gasteiger charge is -2.32. The summed E-state index contributed by atoms with van der Waals surface area (Å²) < 4.78 is 29.7. The minimum Gasteiger partial charge on any atom is -0.304 e. The zero-order valence-electron chi connectivity index (χ0n) is 14.2. The van der Waals surface area contributed by atoms with E-state index in [4.69, 9.17) is 0 Å². The number of nitrogens with one attached hydrogen (secondary N) is 1. The van der Waals surface area contributed by atoms with Gasteiger partial charge in [0.25, 0.3) is 10.2 Å². The number of rotatable bonds is 5. The first-order valence-electron chi connectivity index (χ1n) is 8.26. The van der Waals surface area contributed by atoms with Crippen molar-refractivity contribution >= 4 is 10.2 Å². The first kappa shape index (κ1) is 16.9. The maximum Gasteiger partial charge on any atom is 0.279 e. The predicted molar refractivity (Wildman–Crippen MR) is 92.5 cm³/mol. The normalized spacial score (nSPS) is 28.7. The summed E-state index contributed by atoms with van der Waals surface area (Å²) in [7, 11) is -1.38. The highest BCUT2D eigenvalue weighted by atomic mass is 32.2. The fourth-order valence-electron chi connectivity index (χ4n) is 3.70. The molecule has 1 heterocycles. The Balaban J connectivity index is 1.71. The lowest BCUT2D eigenvalue weighted by Crippen LogP contribution is -2.52. The van der Waals surface area contributed by atoms with Crippen LogP contribution >= 0.6 is 0 Å². The van der Waals surface area contributed by atoms with Gasteiger partial charge in [0.1, 0.15) is 0 Å². The third kappa shape index (κ3) is 3.18. The summed E-state index contributed by atoms with van der Waals surface area (Å²) in [6.07, 6.45) is 1.01. The van der Waals surface area contributed by atoms with E-state index in [-0.39, 0.29) is 10.8 Å². The van der Waals surface area contributed by atoms with E-state index in [2.05, 4.69) is 35.6 Å². The van der Waals surface area contributed by atoms with Crippen molar-refractivity contribution in [3.8, 4) is 0 Å². The molecule has 1 saturated carbocycles. The molecule has 1 atom stereocenters. The van der Waals surface area contributed by atoms with Gasteiger partial charge in [-0.05, 0) is 24.4 Å². The van der Waals surface area contributed by atoms with Crippen LogP contribution in [0.5, 0.6) is 0 Å². The van der Waals surface area contributed by atoms with Crippen molar-refractivity contribution < 1.29 is 8.42 Å². The van der Waals surface area contributed by atoms with E-state index in [0.29, 0.717) is 19.6 Å². The second kappa shape index (κ2) is 5.84. The standard InChI is InChI=1S/C17H27N3O2S/c1-16(2)13-17(16,15-7-5-4-6-8-15)14-18-23(21,22)20-11-9-19(3)10-12-20/h4-8,18H,9-14H2,1-3H3. The minimum atomic E-state index is -3.40. The molecule has 0 amide bonds. The van der Waals surface area contributed by atoms with Crippen LogP contribution in [0.1, 0.15) is 25.8 Å². The van der Waals surface area contributed by atoms with Crippen molar-refractivity contribution in [2.45, 2.75) is 25.7 Å². The van der Waals surface area contributed by atoms with Gasteiger partial charge in [-0.3, -0.25) is 0 Å². The third-order valence-corrected chi connectivity index (χ3v) is 7.15. The molecule has 3 rings (SSSR count). The number of piperazine rings is 1. The van der Waals surface area contributed by atoms with Crippen molar-refractivity contribution in [3.63, 3.8) is 0 Å². The average molecular weight is 337 g/mol. The smallest absolute Gasteiger partial charge is 0.279 e. The van der Waals surface area contributed by atoms with Gasteiger partial charge in [0.15, 0.2) is 0 Å². The van der Waals surface area contributed by atoms with Crippen molar-refractivity contribution in [3.05, 3.63) is 35.9 Å². The number of hydrogen-bond donors (Lipinski definition) is 1. The molecule has 6 heteroatoms. The second-order valence-corrected chi connectivity index (χ2v) is 9.29. The van der Waals surface area contributed by atoms with E-state index in [9.17, 15) is 8.42 Å². The molecule has 1 unspecified atom stereocenters. The molecular weight excluding hydrogens is 310 g/mol. The first-order valence-corrected chi connectivity index (χ1v) is 9.70. The Morgan fingerprint density at radius 3 is 2.17 bits per heavy atom. The fraction of sp³-hybridized carbons (Fsp3) is 0.647. The molecule has 5 nitrogen and oxygen atoms in total.